The molecular formula is C32H30ClFN4O3S. The lowest BCUT2D eigenvalue weighted by Crippen LogP contribution is -2.35. The van der Waals surface area contributed by atoms with Gasteiger partial charge in [-0.2, -0.15) is 0 Å². The van der Waals surface area contributed by atoms with Gasteiger partial charge >= 0.3 is 5.97 Å². The monoisotopic (exact) mass is 604 g/mol. The summed E-state index contributed by atoms with van der Waals surface area (Å²) in [7, 11) is 0. The van der Waals surface area contributed by atoms with Crippen molar-refractivity contribution in [1.29, 1.82) is 0 Å². The van der Waals surface area contributed by atoms with Crippen LogP contribution in [0.15, 0.2) is 54.6 Å². The molecule has 1 atom stereocenters. The van der Waals surface area contributed by atoms with E-state index in [9.17, 15) is 14.3 Å². The molecule has 0 saturated carbocycles. The van der Waals surface area contributed by atoms with Crippen LogP contribution in [0.25, 0.3) is 21.3 Å². The number of likely N-dealkylation sites (tertiary alicyclic amines) is 1. The third-order valence-electron chi connectivity index (χ3n) is 8.50. The molecular weight excluding hydrogens is 575 g/mol. The molecule has 2 aromatic heterocycles. The third kappa shape index (κ3) is 5.42. The number of aromatic carboxylic acids is 1. The van der Waals surface area contributed by atoms with Crippen LogP contribution in [0.5, 0.6) is 0 Å². The largest absolute Gasteiger partial charge is 0.478 e. The maximum atomic E-state index is 14.4. The Morgan fingerprint density at radius 3 is 2.67 bits per heavy atom. The van der Waals surface area contributed by atoms with E-state index in [1.807, 2.05) is 0 Å². The van der Waals surface area contributed by atoms with Crippen LogP contribution in [0.3, 0.4) is 0 Å². The highest BCUT2D eigenvalue weighted by Gasteiger charge is 2.27. The van der Waals surface area contributed by atoms with E-state index in [1.165, 1.54) is 11.6 Å². The Morgan fingerprint density at radius 2 is 1.93 bits per heavy atom. The minimum atomic E-state index is -0.937. The van der Waals surface area contributed by atoms with E-state index in [0.717, 1.165) is 71.0 Å². The molecule has 216 valence electrons. The number of thiazole rings is 1. The fraction of sp³-hybridized carbons (Fsp3) is 0.344. The van der Waals surface area contributed by atoms with Gasteiger partial charge in [-0.3, -0.25) is 4.90 Å². The second-order valence-electron chi connectivity index (χ2n) is 11.2. The lowest BCUT2D eigenvalue weighted by atomic mass is 9.89. The fourth-order valence-electron chi connectivity index (χ4n) is 6.11. The van der Waals surface area contributed by atoms with Crippen LogP contribution in [0, 0.1) is 5.82 Å². The van der Waals surface area contributed by atoms with E-state index in [1.54, 1.807) is 41.7 Å². The Bertz CT molecular complexity index is 1790. The van der Waals surface area contributed by atoms with E-state index in [4.69, 9.17) is 26.3 Å². The maximum absolute atomic E-state index is 14.4. The number of hydrogen-bond acceptors (Lipinski definition) is 6. The van der Waals surface area contributed by atoms with Crippen molar-refractivity contribution in [2.75, 3.05) is 19.7 Å². The first-order chi connectivity index (χ1) is 20.4. The number of benzene rings is 3. The Hall–Kier alpha value is -3.37. The van der Waals surface area contributed by atoms with Crippen molar-refractivity contribution in [3.8, 4) is 0 Å². The number of piperidine rings is 1. The number of carboxylic acid groups (broad SMARTS) is 1. The van der Waals surface area contributed by atoms with Gasteiger partial charge in [0.1, 0.15) is 11.6 Å². The average molecular weight is 605 g/mol. The molecule has 10 heteroatoms. The predicted octanol–water partition coefficient (Wildman–Crippen LogP) is 6.90. The highest BCUT2D eigenvalue weighted by Crippen LogP contribution is 2.36. The zero-order valence-corrected chi connectivity index (χ0v) is 24.5. The summed E-state index contributed by atoms with van der Waals surface area (Å²) in [5.41, 5.74) is 4.82. The molecule has 7 nitrogen and oxygen atoms in total. The van der Waals surface area contributed by atoms with Gasteiger partial charge in [0.05, 0.1) is 51.0 Å². The van der Waals surface area contributed by atoms with Gasteiger partial charge in [-0.05, 0) is 85.8 Å². The normalized spacial score (nSPS) is 18.1. The third-order valence-corrected chi connectivity index (χ3v) is 9.75. The lowest BCUT2D eigenvalue weighted by Gasteiger charge is -2.33. The zero-order valence-electron chi connectivity index (χ0n) is 22.9. The number of aromatic nitrogens is 3. The molecule has 0 spiro atoms. The van der Waals surface area contributed by atoms with Crippen molar-refractivity contribution in [2.24, 2.45) is 0 Å². The maximum Gasteiger partial charge on any atom is 0.335 e. The summed E-state index contributed by atoms with van der Waals surface area (Å²) in [5.74, 6) is 0.104. The van der Waals surface area contributed by atoms with Crippen molar-refractivity contribution < 1.29 is 19.0 Å². The molecule has 5 aromatic rings. The SMILES string of the molecule is O=C(O)c1ccc2nc(CN3CCC(c4cccc5sc(Cc6ccc(Cl)cc6F)nc45)CC3)n(C[C@@H]3CCO3)c2c1. The number of rotatable bonds is 8. The van der Waals surface area contributed by atoms with Crippen LogP contribution >= 0.6 is 22.9 Å². The number of carboxylic acids is 1. The van der Waals surface area contributed by atoms with Crippen LogP contribution in [0.1, 0.15) is 57.5 Å². The lowest BCUT2D eigenvalue weighted by molar-refractivity contribution is -0.0592. The molecule has 2 aliphatic rings. The van der Waals surface area contributed by atoms with Crippen LogP contribution in [0.2, 0.25) is 5.02 Å². The molecule has 7 rings (SSSR count). The summed E-state index contributed by atoms with van der Waals surface area (Å²) in [6.45, 7) is 4.01. The van der Waals surface area contributed by atoms with Crippen molar-refractivity contribution in [1.82, 2.24) is 19.4 Å². The molecule has 2 fully saturated rings. The molecule has 0 radical (unpaired) electrons. The Kier molecular flexibility index (Phi) is 7.44. The molecule has 0 amide bonds. The molecule has 3 aromatic carbocycles. The summed E-state index contributed by atoms with van der Waals surface area (Å²) in [5, 5.41) is 10.8. The molecule has 2 saturated heterocycles. The number of para-hydroxylation sites is 1. The number of ether oxygens (including phenoxy) is 1. The first-order valence-electron chi connectivity index (χ1n) is 14.3. The van der Waals surface area contributed by atoms with Gasteiger partial charge in [0.15, 0.2) is 0 Å². The van der Waals surface area contributed by atoms with Gasteiger partial charge in [-0.1, -0.05) is 29.8 Å². The van der Waals surface area contributed by atoms with E-state index in [2.05, 4.69) is 27.7 Å². The standard InChI is InChI=1S/C32H30ClFN4O3S/c33-22-6-4-20(25(34)16-22)15-30-36-31-24(2-1-3-28(31)42-30)19-8-11-37(12-9-19)18-29-35-26-7-5-21(32(39)40)14-27(26)38(29)17-23-10-13-41-23/h1-7,14,16,19,23H,8-13,15,17-18H2,(H,39,40)/t23-/m0/s1. The molecule has 42 heavy (non-hydrogen) atoms. The van der Waals surface area contributed by atoms with Crippen LogP contribution < -0.4 is 0 Å². The number of fused-ring (bicyclic) bond motifs is 2. The van der Waals surface area contributed by atoms with Crippen molar-refractivity contribution in [3.63, 3.8) is 0 Å². The Morgan fingerprint density at radius 1 is 1.10 bits per heavy atom. The minimum Gasteiger partial charge on any atom is -0.478 e. The van der Waals surface area contributed by atoms with Crippen LogP contribution in [-0.4, -0.2) is 56.3 Å². The molecule has 1 N–H and O–H groups in total. The summed E-state index contributed by atoms with van der Waals surface area (Å²) in [4.78, 5) is 23.9. The number of carbonyl (C=O) groups is 1. The molecule has 0 unspecified atom stereocenters. The van der Waals surface area contributed by atoms with Crippen molar-refractivity contribution in [3.05, 3.63) is 93.0 Å². The first kappa shape index (κ1) is 27.5. The highest BCUT2D eigenvalue weighted by atomic mass is 35.5. The Labute approximate surface area is 251 Å². The second kappa shape index (κ2) is 11.4. The van der Waals surface area contributed by atoms with Gasteiger partial charge in [0, 0.05) is 18.1 Å². The van der Waals surface area contributed by atoms with Gasteiger partial charge in [-0.15, -0.1) is 11.3 Å². The summed E-state index contributed by atoms with van der Waals surface area (Å²) in [6.07, 6.45) is 3.60. The quantitative estimate of drug-likeness (QED) is 0.208. The Balaban J connectivity index is 1.07. The summed E-state index contributed by atoms with van der Waals surface area (Å²) >= 11 is 7.56. The number of imidazole rings is 1. The van der Waals surface area contributed by atoms with E-state index in [-0.39, 0.29) is 17.5 Å². The highest BCUT2D eigenvalue weighted by molar-refractivity contribution is 7.18. The topological polar surface area (TPSA) is 80.5 Å². The molecule has 4 heterocycles. The smallest absolute Gasteiger partial charge is 0.335 e. The first-order valence-corrected chi connectivity index (χ1v) is 15.5. The van der Waals surface area contributed by atoms with Crippen molar-refractivity contribution in [2.45, 2.75) is 50.8 Å². The predicted molar refractivity (Wildman–Crippen MR) is 162 cm³/mol. The minimum absolute atomic E-state index is 0.139. The molecule has 0 aliphatic carbocycles. The molecule has 2 aliphatic heterocycles. The second-order valence-corrected chi connectivity index (χ2v) is 12.7. The van der Waals surface area contributed by atoms with Gasteiger partial charge < -0.3 is 14.4 Å². The van der Waals surface area contributed by atoms with E-state index in [0.29, 0.717) is 36.0 Å². The summed E-state index contributed by atoms with van der Waals surface area (Å²) < 4.78 is 23.4. The van der Waals surface area contributed by atoms with Crippen molar-refractivity contribution >= 4 is 50.2 Å². The fourth-order valence-corrected chi connectivity index (χ4v) is 7.30. The molecule has 0 bridgehead atoms. The average Bonchev–Trinajstić information content (AvgIpc) is 3.52. The van der Waals surface area contributed by atoms with Crippen LogP contribution in [0.4, 0.5) is 4.39 Å². The zero-order chi connectivity index (χ0) is 28.8. The van der Waals surface area contributed by atoms with E-state index < -0.39 is 5.97 Å². The van der Waals surface area contributed by atoms with Gasteiger partial charge in [-0.25, -0.2) is 19.2 Å². The van der Waals surface area contributed by atoms with Gasteiger partial charge in [0.2, 0.25) is 0 Å². The van der Waals surface area contributed by atoms with Crippen LogP contribution in [-0.2, 0) is 24.2 Å². The number of nitrogens with zero attached hydrogens (tertiary/aromatic N) is 4. The van der Waals surface area contributed by atoms with Gasteiger partial charge in [0.25, 0.3) is 0 Å². The number of halogens is 2. The summed E-state index contributed by atoms with van der Waals surface area (Å²) in [6, 6.07) is 16.3. The van der Waals surface area contributed by atoms with E-state index >= 15 is 0 Å². The number of hydrogen-bond donors (Lipinski definition) is 1.